The number of anilines is 1. The number of hydrogen-bond donors (Lipinski definition) is 1. The summed E-state index contributed by atoms with van der Waals surface area (Å²) < 4.78 is 13.2. The summed E-state index contributed by atoms with van der Waals surface area (Å²) >= 11 is 2.96. The van der Waals surface area contributed by atoms with Crippen molar-refractivity contribution >= 4 is 34.0 Å². The van der Waals surface area contributed by atoms with E-state index in [2.05, 4.69) is 15.3 Å². The van der Waals surface area contributed by atoms with E-state index >= 15 is 0 Å². The Morgan fingerprint density at radius 3 is 2.95 bits per heavy atom. The summed E-state index contributed by atoms with van der Waals surface area (Å²) in [7, 11) is 0. The highest BCUT2D eigenvalue weighted by Crippen LogP contribution is 2.32. The minimum atomic E-state index is -0.403. The fraction of sp³-hybridized carbons (Fsp3) is 0.357. The highest BCUT2D eigenvalue weighted by molar-refractivity contribution is 7.98. The average molecular weight is 325 g/mol. The summed E-state index contributed by atoms with van der Waals surface area (Å²) in [6.07, 6.45) is 4.68. The number of aromatic nitrogens is 2. The molecule has 7 heteroatoms. The number of thiazole rings is 1. The molecule has 1 amide bonds. The summed E-state index contributed by atoms with van der Waals surface area (Å²) in [5, 5.41) is 4.24. The van der Waals surface area contributed by atoms with Gasteiger partial charge in [0.2, 0.25) is 5.91 Å². The second-order valence-electron chi connectivity index (χ2n) is 4.67. The van der Waals surface area contributed by atoms with E-state index in [9.17, 15) is 9.18 Å². The van der Waals surface area contributed by atoms with Crippen molar-refractivity contribution in [2.45, 2.75) is 13.8 Å². The van der Waals surface area contributed by atoms with Crippen molar-refractivity contribution < 1.29 is 9.18 Å². The van der Waals surface area contributed by atoms with Gasteiger partial charge in [0.1, 0.15) is 15.8 Å². The molecule has 0 saturated heterocycles. The summed E-state index contributed by atoms with van der Waals surface area (Å²) in [4.78, 5) is 20.2. The molecule has 0 bridgehead atoms. The summed E-state index contributed by atoms with van der Waals surface area (Å²) in [6.45, 7) is 3.71. The molecule has 0 radical (unpaired) electrons. The van der Waals surface area contributed by atoms with Gasteiger partial charge in [-0.15, -0.1) is 0 Å². The first kappa shape index (κ1) is 15.9. The number of thioether (sulfide) groups is 1. The van der Waals surface area contributed by atoms with E-state index in [4.69, 9.17) is 0 Å². The van der Waals surface area contributed by atoms with Crippen LogP contribution in [0.2, 0.25) is 0 Å². The van der Waals surface area contributed by atoms with Gasteiger partial charge in [-0.1, -0.05) is 18.3 Å². The lowest BCUT2D eigenvalue weighted by Crippen LogP contribution is -2.21. The molecule has 0 aliphatic heterocycles. The lowest BCUT2D eigenvalue weighted by Gasteiger charge is -2.09. The number of carbonyl (C=O) groups excluding carboxylic acids is 1. The number of carbonyl (C=O) groups is 1. The molecule has 4 nitrogen and oxygen atoms in total. The van der Waals surface area contributed by atoms with Crippen LogP contribution in [0.25, 0.3) is 10.6 Å². The van der Waals surface area contributed by atoms with Crippen molar-refractivity contribution in [2.24, 2.45) is 5.92 Å². The van der Waals surface area contributed by atoms with Gasteiger partial charge >= 0.3 is 0 Å². The molecule has 2 heterocycles. The molecule has 21 heavy (non-hydrogen) atoms. The van der Waals surface area contributed by atoms with Gasteiger partial charge in [0.15, 0.2) is 0 Å². The highest BCUT2D eigenvalue weighted by atomic mass is 32.2. The van der Waals surface area contributed by atoms with E-state index in [0.29, 0.717) is 15.6 Å². The zero-order chi connectivity index (χ0) is 15.4. The van der Waals surface area contributed by atoms with Crippen LogP contribution in [0.15, 0.2) is 18.5 Å². The van der Waals surface area contributed by atoms with Crippen LogP contribution >= 0.6 is 23.1 Å². The second kappa shape index (κ2) is 7.00. The predicted molar refractivity (Wildman–Crippen MR) is 86.2 cm³/mol. The van der Waals surface area contributed by atoms with Crippen molar-refractivity contribution in [1.29, 1.82) is 0 Å². The van der Waals surface area contributed by atoms with Gasteiger partial charge in [-0.05, 0) is 19.2 Å². The molecular weight excluding hydrogens is 309 g/mol. The van der Waals surface area contributed by atoms with Crippen LogP contribution in [0, 0.1) is 18.7 Å². The smallest absolute Gasteiger partial charge is 0.228 e. The fourth-order valence-electron chi connectivity index (χ4n) is 1.73. The van der Waals surface area contributed by atoms with E-state index in [-0.39, 0.29) is 11.8 Å². The molecule has 112 valence electrons. The number of pyridine rings is 1. The molecule has 0 aliphatic rings. The number of amides is 1. The summed E-state index contributed by atoms with van der Waals surface area (Å²) in [5.74, 6) is 0.269. The van der Waals surface area contributed by atoms with Crippen LogP contribution in [-0.4, -0.2) is 27.9 Å². The Morgan fingerprint density at radius 2 is 2.29 bits per heavy atom. The minimum absolute atomic E-state index is 0.0278. The molecule has 0 fully saturated rings. The van der Waals surface area contributed by atoms with Gasteiger partial charge in [0, 0.05) is 23.4 Å². The van der Waals surface area contributed by atoms with Crippen LogP contribution in [0.5, 0.6) is 0 Å². The zero-order valence-electron chi connectivity index (χ0n) is 12.0. The third kappa shape index (κ3) is 4.01. The van der Waals surface area contributed by atoms with Crippen molar-refractivity contribution in [3.63, 3.8) is 0 Å². The van der Waals surface area contributed by atoms with E-state index in [1.807, 2.05) is 20.1 Å². The van der Waals surface area contributed by atoms with E-state index in [0.717, 1.165) is 17.6 Å². The molecule has 1 unspecified atom stereocenters. The molecule has 2 aromatic rings. The zero-order valence-corrected chi connectivity index (χ0v) is 13.6. The maximum Gasteiger partial charge on any atom is 0.228 e. The average Bonchev–Trinajstić information content (AvgIpc) is 2.80. The van der Waals surface area contributed by atoms with Crippen molar-refractivity contribution in [1.82, 2.24) is 9.97 Å². The molecule has 0 aliphatic carbocycles. The maximum atomic E-state index is 13.2. The fourth-order valence-corrected chi connectivity index (χ4v) is 3.33. The molecular formula is C14H16FN3OS2. The van der Waals surface area contributed by atoms with Gasteiger partial charge in [-0.3, -0.25) is 9.78 Å². The van der Waals surface area contributed by atoms with Crippen LogP contribution in [0.3, 0.4) is 0 Å². The molecule has 2 aromatic heterocycles. The Kier molecular flexibility index (Phi) is 5.30. The highest BCUT2D eigenvalue weighted by Gasteiger charge is 2.16. The SMILES string of the molecule is CSCC(C)C(=O)Nc1sc(-c2cncc(F)c2)nc1C. The third-order valence-corrected chi connectivity index (χ3v) is 4.80. The standard InChI is InChI=1S/C14H16FN3OS2/c1-8(7-20-3)12(19)18-13-9(2)17-14(21-13)10-4-11(15)6-16-5-10/h4-6,8H,7H2,1-3H3,(H,18,19). The van der Waals surface area contributed by atoms with Crippen LogP contribution in [0.4, 0.5) is 9.39 Å². The van der Waals surface area contributed by atoms with Crippen LogP contribution in [0.1, 0.15) is 12.6 Å². The number of nitrogens with zero attached hydrogens (tertiary/aromatic N) is 2. The van der Waals surface area contributed by atoms with Gasteiger partial charge in [0.05, 0.1) is 11.9 Å². The van der Waals surface area contributed by atoms with Gasteiger partial charge in [-0.25, -0.2) is 9.37 Å². The molecule has 0 saturated carbocycles. The molecule has 0 aromatic carbocycles. The summed E-state index contributed by atoms with van der Waals surface area (Å²) in [6, 6.07) is 1.38. The Balaban J connectivity index is 2.18. The lowest BCUT2D eigenvalue weighted by molar-refractivity contribution is -0.118. The molecule has 1 N–H and O–H groups in total. The normalized spacial score (nSPS) is 12.2. The van der Waals surface area contributed by atoms with Crippen LogP contribution < -0.4 is 5.32 Å². The van der Waals surface area contributed by atoms with E-state index < -0.39 is 5.82 Å². The molecule has 2 rings (SSSR count). The first-order chi connectivity index (χ1) is 10.0. The Morgan fingerprint density at radius 1 is 1.52 bits per heavy atom. The van der Waals surface area contributed by atoms with Gasteiger partial charge in [-0.2, -0.15) is 11.8 Å². The topological polar surface area (TPSA) is 54.9 Å². The minimum Gasteiger partial charge on any atom is -0.316 e. The molecule has 0 spiro atoms. The number of nitrogens with one attached hydrogen (secondary N) is 1. The Labute approximate surface area is 131 Å². The molecule has 1 atom stereocenters. The third-order valence-electron chi connectivity index (χ3n) is 2.85. The van der Waals surface area contributed by atoms with Crippen molar-refractivity contribution in [3.05, 3.63) is 30.0 Å². The van der Waals surface area contributed by atoms with E-state index in [1.165, 1.54) is 17.4 Å². The predicted octanol–water partition coefficient (Wildman–Crippen LogP) is 3.59. The van der Waals surface area contributed by atoms with E-state index in [1.54, 1.807) is 18.0 Å². The monoisotopic (exact) mass is 325 g/mol. The number of aryl methyl sites for hydroxylation is 1. The summed E-state index contributed by atoms with van der Waals surface area (Å²) in [5.41, 5.74) is 1.34. The lowest BCUT2D eigenvalue weighted by atomic mass is 10.2. The van der Waals surface area contributed by atoms with Gasteiger partial charge in [0.25, 0.3) is 0 Å². The number of hydrogen-bond acceptors (Lipinski definition) is 5. The Hall–Kier alpha value is -1.47. The maximum absolute atomic E-state index is 13.2. The number of rotatable bonds is 5. The van der Waals surface area contributed by atoms with Crippen molar-refractivity contribution in [2.75, 3.05) is 17.3 Å². The quantitative estimate of drug-likeness (QED) is 0.913. The number of halogens is 1. The second-order valence-corrected chi connectivity index (χ2v) is 6.58. The Bertz CT molecular complexity index is 645. The van der Waals surface area contributed by atoms with Crippen LogP contribution in [-0.2, 0) is 4.79 Å². The first-order valence-electron chi connectivity index (χ1n) is 6.39. The largest absolute Gasteiger partial charge is 0.316 e. The first-order valence-corrected chi connectivity index (χ1v) is 8.60. The van der Waals surface area contributed by atoms with Gasteiger partial charge < -0.3 is 5.32 Å². The van der Waals surface area contributed by atoms with Crippen molar-refractivity contribution in [3.8, 4) is 10.6 Å².